The summed E-state index contributed by atoms with van der Waals surface area (Å²) in [6.45, 7) is 5.13. The second kappa shape index (κ2) is 9.29. The van der Waals surface area contributed by atoms with Gasteiger partial charge in [0.2, 0.25) is 0 Å². The maximum Gasteiger partial charge on any atom is 0.0695 e. The number of nitrogens with one attached hydrogen (secondary N) is 1. The third-order valence-corrected chi connectivity index (χ3v) is 6.18. The van der Waals surface area contributed by atoms with Crippen molar-refractivity contribution in [3.63, 3.8) is 0 Å². The van der Waals surface area contributed by atoms with Gasteiger partial charge in [-0.15, -0.1) is 0 Å². The number of rotatable bonds is 6. The van der Waals surface area contributed by atoms with E-state index in [4.69, 9.17) is 0 Å². The molecule has 0 unspecified atom stereocenters. The molecule has 1 aromatic heterocycles. The van der Waals surface area contributed by atoms with Crippen molar-refractivity contribution in [3.8, 4) is 11.3 Å². The van der Waals surface area contributed by atoms with Gasteiger partial charge >= 0.3 is 0 Å². The summed E-state index contributed by atoms with van der Waals surface area (Å²) in [5, 5.41) is 7.52. The molecule has 156 valence electrons. The molecule has 5 rings (SSSR count). The highest BCUT2D eigenvalue weighted by Gasteiger charge is 2.26. The SMILES string of the molecule is c1ccc(-c2[nH]ncc2CN2CCN(C(c3ccccc3)c3ccccc3)CC2)cc1. The Hall–Kier alpha value is -3.21. The van der Waals surface area contributed by atoms with Crippen LogP contribution in [0.5, 0.6) is 0 Å². The molecule has 1 fully saturated rings. The zero-order valence-electron chi connectivity index (χ0n) is 17.7. The van der Waals surface area contributed by atoms with Gasteiger partial charge in [0, 0.05) is 38.3 Å². The van der Waals surface area contributed by atoms with Crippen LogP contribution in [-0.2, 0) is 6.54 Å². The van der Waals surface area contributed by atoms with Gasteiger partial charge in [0.25, 0.3) is 0 Å². The van der Waals surface area contributed by atoms with Crippen molar-refractivity contribution >= 4 is 0 Å². The highest BCUT2D eigenvalue weighted by molar-refractivity contribution is 5.62. The number of aromatic nitrogens is 2. The summed E-state index contributed by atoms with van der Waals surface area (Å²) in [6.07, 6.45) is 1.98. The van der Waals surface area contributed by atoms with E-state index in [1.165, 1.54) is 22.3 Å². The van der Waals surface area contributed by atoms with Crippen LogP contribution in [0.4, 0.5) is 0 Å². The van der Waals surface area contributed by atoms with E-state index in [9.17, 15) is 0 Å². The smallest absolute Gasteiger partial charge is 0.0695 e. The fourth-order valence-electron chi connectivity index (χ4n) is 4.59. The monoisotopic (exact) mass is 408 g/mol. The minimum Gasteiger partial charge on any atom is -0.296 e. The van der Waals surface area contributed by atoms with Crippen LogP contribution in [0, 0.1) is 0 Å². The molecular formula is C27H28N4. The summed E-state index contributed by atoms with van der Waals surface area (Å²) in [4.78, 5) is 5.16. The number of hydrogen-bond acceptors (Lipinski definition) is 3. The van der Waals surface area contributed by atoms with E-state index in [1.807, 2.05) is 6.20 Å². The Bertz CT molecular complexity index is 1030. The average Bonchev–Trinajstić information content (AvgIpc) is 3.30. The van der Waals surface area contributed by atoms with Crippen LogP contribution in [-0.4, -0.2) is 46.2 Å². The highest BCUT2D eigenvalue weighted by Crippen LogP contribution is 2.30. The summed E-state index contributed by atoms with van der Waals surface area (Å²) in [6, 6.07) is 32.6. The number of hydrogen-bond donors (Lipinski definition) is 1. The predicted octanol–water partition coefficient (Wildman–Crippen LogP) is 4.98. The molecule has 0 atom stereocenters. The molecule has 4 aromatic rings. The first-order chi connectivity index (χ1) is 15.4. The minimum absolute atomic E-state index is 0.304. The van der Waals surface area contributed by atoms with E-state index in [-0.39, 0.29) is 0 Å². The molecule has 0 spiro atoms. The average molecular weight is 409 g/mol. The van der Waals surface area contributed by atoms with Gasteiger partial charge in [-0.3, -0.25) is 14.9 Å². The molecule has 1 aliphatic rings. The van der Waals surface area contributed by atoms with Crippen LogP contribution in [0.25, 0.3) is 11.3 Å². The molecule has 0 saturated carbocycles. The van der Waals surface area contributed by atoms with E-state index in [2.05, 4.69) is 111 Å². The van der Waals surface area contributed by atoms with E-state index < -0.39 is 0 Å². The molecule has 4 heteroatoms. The second-order valence-electron chi connectivity index (χ2n) is 8.17. The minimum atomic E-state index is 0.304. The van der Waals surface area contributed by atoms with Gasteiger partial charge in [0.15, 0.2) is 0 Å². The molecule has 3 aromatic carbocycles. The van der Waals surface area contributed by atoms with E-state index in [0.717, 1.165) is 38.4 Å². The lowest BCUT2D eigenvalue weighted by Gasteiger charge is -2.39. The Balaban J connectivity index is 1.29. The van der Waals surface area contributed by atoms with Crippen molar-refractivity contribution in [1.29, 1.82) is 0 Å². The van der Waals surface area contributed by atoms with Gasteiger partial charge in [-0.2, -0.15) is 5.10 Å². The van der Waals surface area contributed by atoms with Crippen molar-refractivity contribution in [3.05, 3.63) is 114 Å². The molecule has 0 amide bonds. The maximum atomic E-state index is 4.32. The fraction of sp³-hybridized carbons (Fsp3) is 0.222. The summed E-state index contributed by atoms with van der Waals surface area (Å²) in [7, 11) is 0. The van der Waals surface area contributed by atoms with Crippen LogP contribution in [0.2, 0.25) is 0 Å². The standard InChI is InChI=1S/C27H28N4/c1-4-10-22(11-5-1)26-25(20-28-29-26)21-30-16-18-31(19-17-30)27(23-12-6-2-7-13-23)24-14-8-3-9-15-24/h1-15,20,27H,16-19,21H2,(H,28,29). The van der Waals surface area contributed by atoms with Crippen LogP contribution < -0.4 is 0 Å². The topological polar surface area (TPSA) is 35.2 Å². The Morgan fingerprint density at radius 3 is 1.84 bits per heavy atom. The Labute approximate surface area is 184 Å². The van der Waals surface area contributed by atoms with Crippen LogP contribution in [0.3, 0.4) is 0 Å². The molecule has 0 bridgehead atoms. The summed E-state index contributed by atoms with van der Waals surface area (Å²) >= 11 is 0. The molecule has 1 aliphatic heterocycles. The Morgan fingerprint density at radius 1 is 0.710 bits per heavy atom. The van der Waals surface area contributed by atoms with Gasteiger partial charge in [-0.1, -0.05) is 91.0 Å². The van der Waals surface area contributed by atoms with Gasteiger partial charge in [-0.05, 0) is 16.7 Å². The van der Waals surface area contributed by atoms with Crippen molar-refractivity contribution in [2.75, 3.05) is 26.2 Å². The van der Waals surface area contributed by atoms with Crippen molar-refractivity contribution in [2.24, 2.45) is 0 Å². The summed E-state index contributed by atoms with van der Waals surface area (Å²) in [5.41, 5.74) is 6.32. The third kappa shape index (κ3) is 4.46. The Morgan fingerprint density at radius 2 is 1.26 bits per heavy atom. The van der Waals surface area contributed by atoms with Gasteiger partial charge < -0.3 is 0 Å². The van der Waals surface area contributed by atoms with Crippen molar-refractivity contribution in [2.45, 2.75) is 12.6 Å². The number of aromatic amines is 1. The molecule has 4 nitrogen and oxygen atoms in total. The Kier molecular flexibility index (Phi) is 5.92. The lowest BCUT2D eigenvalue weighted by molar-refractivity contribution is 0.105. The van der Waals surface area contributed by atoms with E-state index in [0.29, 0.717) is 6.04 Å². The van der Waals surface area contributed by atoms with Gasteiger partial charge in [0.05, 0.1) is 17.9 Å². The first-order valence-electron chi connectivity index (χ1n) is 11.0. The highest BCUT2D eigenvalue weighted by atomic mass is 15.3. The van der Waals surface area contributed by atoms with Crippen LogP contribution in [0.15, 0.2) is 97.2 Å². The predicted molar refractivity (Wildman–Crippen MR) is 126 cm³/mol. The molecular weight excluding hydrogens is 380 g/mol. The fourth-order valence-corrected chi connectivity index (χ4v) is 4.59. The van der Waals surface area contributed by atoms with Crippen molar-refractivity contribution < 1.29 is 0 Å². The lowest BCUT2D eigenvalue weighted by Crippen LogP contribution is -2.47. The number of benzene rings is 3. The number of nitrogens with zero attached hydrogens (tertiary/aromatic N) is 3. The molecule has 1 saturated heterocycles. The molecule has 0 aliphatic carbocycles. The van der Waals surface area contributed by atoms with E-state index >= 15 is 0 Å². The first kappa shape index (κ1) is 19.7. The van der Waals surface area contributed by atoms with E-state index in [1.54, 1.807) is 0 Å². The zero-order valence-corrected chi connectivity index (χ0v) is 17.7. The summed E-state index contributed by atoms with van der Waals surface area (Å²) < 4.78 is 0. The quantitative estimate of drug-likeness (QED) is 0.488. The second-order valence-corrected chi connectivity index (χ2v) is 8.17. The van der Waals surface area contributed by atoms with Gasteiger partial charge in [-0.25, -0.2) is 0 Å². The number of piperazine rings is 1. The maximum absolute atomic E-state index is 4.32. The largest absolute Gasteiger partial charge is 0.296 e. The third-order valence-electron chi connectivity index (χ3n) is 6.18. The molecule has 31 heavy (non-hydrogen) atoms. The summed E-state index contributed by atoms with van der Waals surface area (Å²) in [5.74, 6) is 0. The van der Waals surface area contributed by atoms with Crippen LogP contribution >= 0.6 is 0 Å². The van der Waals surface area contributed by atoms with Crippen molar-refractivity contribution in [1.82, 2.24) is 20.0 Å². The molecule has 0 radical (unpaired) electrons. The number of H-pyrrole nitrogens is 1. The first-order valence-corrected chi connectivity index (χ1v) is 11.0. The van der Waals surface area contributed by atoms with Crippen LogP contribution in [0.1, 0.15) is 22.7 Å². The normalized spacial score (nSPS) is 15.4. The lowest BCUT2D eigenvalue weighted by atomic mass is 9.96. The molecule has 2 heterocycles. The molecule has 1 N–H and O–H groups in total. The van der Waals surface area contributed by atoms with Gasteiger partial charge in [0.1, 0.15) is 0 Å². The zero-order chi connectivity index (χ0) is 20.9.